The molecular formula is C25H29N3O5. The van der Waals surface area contributed by atoms with Gasteiger partial charge in [-0.25, -0.2) is 4.79 Å². The smallest absolute Gasteiger partial charge is 0.338 e. The molecule has 2 aliphatic heterocycles. The first-order valence-electron chi connectivity index (χ1n) is 11.2. The number of anilines is 1. The zero-order valence-corrected chi connectivity index (χ0v) is 18.9. The van der Waals surface area contributed by atoms with Crippen LogP contribution in [0.15, 0.2) is 48.5 Å². The van der Waals surface area contributed by atoms with Crippen LogP contribution in [0.1, 0.15) is 28.8 Å². The molecule has 2 aromatic rings. The Bertz CT molecular complexity index is 982. The van der Waals surface area contributed by atoms with Gasteiger partial charge in [-0.1, -0.05) is 12.1 Å². The summed E-state index contributed by atoms with van der Waals surface area (Å²) in [6.07, 6.45) is 1.50. The lowest BCUT2D eigenvalue weighted by Gasteiger charge is -2.36. The number of likely N-dealkylation sites (tertiary alicyclic amines) is 1. The van der Waals surface area contributed by atoms with Crippen LogP contribution in [0.2, 0.25) is 0 Å². The molecule has 33 heavy (non-hydrogen) atoms. The van der Waals surface area contributed by atoms with Crippen LogP contribution in [0, 0.1) is 0 Å². The van der Waals surface area contributed by atoms with Crippen molar-refractivity contribution in [1.29, 1.82) is 0 Å². The normalized spacial score (nSPS) is 16.2. The van der Waals surface area contributed by atoms with Gasteiger partial charge >= 0.3 is 5.97 Å². The minimum Gasteiger partial charge on any atom is -0.497 e. The number of carbonyl (C=O) groups excluding carboxylic acids is 3. The molecule has 0 aromatic heterocycles. The van der Waals surface area contributed by atoms with Crippen molar-refractivity contribution in [3.05, 3.63) is 59.7 Å². The minimum absolute atomic E-state index is 0.168. The van der Waals surface area contributed by atoms with Crippen LogP contribution in [0.4, 0.5) is 5.69 Å². The van der Waals surface area contributed by atoms with E-state index in [1.807, 2.05) is 41.3 Å². The first-order valence-corrected chi connectivity index (χ1v) is 11.2. The highest BCUT2D eigenvalue weighted by Gasteiger charge is 2.23. The molecule has 2 aliphatic rings. The molecule has 2 amide bonds. The van der Waals surface area contributed by atoms with Crippen molar-refractivity contribution in [2.45, 2.75) is 19.4 Å². The van der Waals surface area contributed by atoms with Crippen molar-refractivity contribution in [3.63, 3.8) is 0 Å². The van der Waals surface area contributed by atoms with Crippen LogP contribution in [0.3, 0.4) is 0 Å². The van der Waals surface area contributed by atoms with Crippen LogP contribution in [0.25, 0.3) is 0 Å². The Morgan fingerprint density at radius 3 is 2.21 bits per heavy atom. The fourth-order valence-electron chi connectivity index (χ4n) is 4.15. The maximum Gasteiger partial charge on any atom is 0.338 e. The second-order valence-electron chi connectivity index (χ2n) is 8.26. The molecule has 2 aromatic carbocycles. The Morgan fingerprint density at radius 2 is 1.61 bits per heavy atom. The summed E-state index contributed by atoms with van der Waals surface area (Å²) in [5.41, 5.74) is 2.45. The van der Waals surface area contributed by atoms with E-state index < -0.39 is 5.97 Å². The number of hydrogen-bond donors (Lipinski definition) is 0. The van der Waals surface area contributed by atoms with Crippen LogP contribution < -0.4 is 9.64 Å². The Kier molecular flexibility index (Phi) is 7.12. The second-order valence-corrected chi connectivity index (χ2v) is 8.26. The van der Waals surface area contributed by atoms with Crippen molar-refractivity contribution in [2.24, 2.45) is 0 Å². The van der Waals surface area contributed by atoms with Gasteiger partial charge in [0.2, 0.25) is 5.91 Å². The molecule has 0 saturated carbocycles. The number of esters is 1. The lowest BCUT2D eigenvalue weighted by molar-refractivity contribution is -0.134. The predicted octanol–water partition coefficient (Wildman–Crippen LogP) is 2.32. The molecule has 0 unspecified atom stereocenters. The van der Waals surface area contributed by atoms with Crippen molar-refractivity contribution in [2.75, 3.05) is 51.3 Å². The van der Waals surface area contributed by atoms with E-state index in [2.05, 4.69) is 4.90 Å². The third-order valence-electron chi connectivity index (χ3n) is 6.13. The molecule has 0 spiro atoms. The molecule has 2 heterocycles. The van der Waals surface area contributed by atoms with E-state index in [4.69, 9.17) is 9.47 Å². The quantitative estimate of drug-likeness (QED) is 0.601. The highest BCUT2D eigenvalue weighted by atomic mass is 16.5. The molecule has 8 nitrogen and oxygen atoms in total. The van der Waals surface area contributed by atoms with E-state index >= 15 is 0 Å². The number of carbonyl (C=O) groups is 3. The molecule has 0 N–H and O–H groups in total. The van der Waals surface area contributed by atoms with Crippen molar-refractivity contribution in [3.8, 4) is 5.75 Å². The number of amides is 2. The summed E-state index contributed by atoms with van der Waals surface area (Å²) >= 11 is 0. The van der Waals surface area contributed by atoms with Crippen LogP contribution in [-0.2, 0) is 20.9 Å². The van der Waals surface area contributed by atoms with E-state index in [0.717, 1.165) is 30.0 Å². The van der Waals surface area contributed by atoms with Crippen LogP contribution in [0.5, 0.6) is 5.75 Å². The first-order chi connectivity index (χ1) is 16.0. The van der Waals surface area contributed by atoms with Gasteiger partial charge in [-0.3, -0.25) is 9.59 Å². The second kappa shape index (κ2) is 10.4. The lowest BCUT2D eigenvalue weighted by Crippen LogP contribution is -2.49. The first kappa shape index (κ1) is 22.6. The number of ether oxygens (including phenoxy) is 2. The zero-order valence-electron chi connectivity index (χ0n) is 18.9. The van der Waals surface area contributed by atoms with E-state index in [0.29, 0.717) is 44.7 Å². The van der Waals surface area contributed by atoms with Gasteiger partial charge in [-0.15, -0.1) is 0 Å². The minimum atomic E-state index is -0.524. The highest BCUT2D eigenvalue weighted by Crippen LogP contribution is 2.20. The van der Waals surface area contributed by atoms with Gasteiger partial charge in [0.15, 0.2) is 6.61 Å². The Morgan fingerprint density at radius 1 is 0.909 bits per heavy atom. The Hall–Kier alpha value is -3.55. The number of rotatable bonds is 7. The lowest BCUT2D eigenvalue weighted by atomic mass is 10.1. The van der Waals surface area contributed by atoms with Gasteiger partial charge in [0.1, 0.15) is 5.75 Å². The highest BCUT2D eigenvalue weighted by molar-refractivity contribution is 5.91. The number of hydrogen-bond acceptors (Lipinski definition) is 6. The van der Waals surface area contributed by atoms with Crippen LogP contribution in [-0.4, -0.2) is 74.0 Å². The van der Waals surface area contributed by atoms with Crippen molar-refractivity contribution < 1.29 is 23.9 Å². The number of piperazine rings is 1. The van der Waals surface area contributed by atoms with Gasteiger partial charge in [-0.05, 0) is 48.4 Å². The molecular weight excluding hydrogens is 422 g/mol. The topological polar surface area (TPSA) is 79.4 Å². The average Bonchev–Trinajstić information content (AvgIpc) is 3.27. The molecule has 174 valence electrons. The van der Waals surface area contributed by atoms with E-state index in [1.54, 1.807) is 24.1 Å². The molecule has 8 heteroatoms. The summed E-state index contributed by atoms with van der Waals surface area (Å²) in [5.74, 6) is 0.262. The Labute approximate surface area is 193 Å². The monoisotopic (exact) mass is 451 g/mol. The van der Waals surface area contributed by atoms with Crippen LogP contribution >= 0.6 is 0 Å². The molecule has 0 aliphatic carbocycles. The molecule has 0 atom stereocenters. The zero-order chi connectivity index (χ0) is 23.2. The molecule has 0 radical (unpaired) electrons. The fraction of sp³-hybridized carbons (Fsp3) is 0.400. The van der Waals surface area contributed by atoms with E-state index in [-0.39, 0.29) is 18.4 Å². The number of nitrogens with zero attached hydrogens (tertiary/aromatic N) is 3. The maximum atomic E-state index is 12.5. The summed E-state index contributed by atoms with van der Waals surface area (Å²) < 4.78 is 10.4. The largest absolute Gasteiger partial charge is 0.497 e. The summed E-state index contributed by atoms with van der Waals surface area (Å²) in [6, 6.07) is 14.9. The molecule has 2 saturated heterocycles. The third kappa shape index (κ3) is 5.63. The Balaban J connectivity index is 1.21. The predicted molar refractivity (Wildman–Crippen MR) is 123 cm³/mol. The molecule has 0 bridgehead atoms. The van der Waals surface area contributed by atoms with Gasteiger partial charge < -0.3 is 24.2 Å². The van der Waals surface area contributed by atoms with Gasteiger partial charge in [0.25, 0.3) is 5.91 Å². The molecule has 4 rings (SSSR count). The number of methoxy groups -OCH3 is 1. The standard InChI is InChI=1S/C25H29N3O5/c1-32-22-10-8-21(9-11-22)26-13-15-27(16-14-26)24(30)18-33-25(31)20-6-4-19(5-7-20)17-28-12-2-3-23(28)29/h4-11H,2-3,12-18H2,1H3. The van der Waals surface area contributed by atoms with E-state index in [9.17, 15) is 14.4 Å². The van der Waals surface area contributed by atoms with Crippen molar-refractivity contribution >= 4 is 23.5 Å². The molecule has 2 fully saturated rings. The third-order valence-corrected chi connectivity index (χ3v) is 6.13. The maximum absolute atomic E-state index is 12.5. The summed E-state index contributed by atoms with van der Waals surface area (Å²) in [6.45, 7) is 3.64. The van der Waals surface area contributed by atoms with E-state index in [1.165, 1.54) is 0 Å². The fourth-order valence-corrected chi connectivity index (χ4v) is 4.15. The van der Waals surface area contributed by atoms with Crippen molar-refractivity contribution in [1.82, 2.24) is 9.80 Å². The SMILES string of the molecule is COc1ccc(N2CCN(C(=O)COC(=O)c3ccc(CN4CCCC4=O)cc3)CC2)cc1. The van der Waals surface area contributed by atoms with Gasteiger partial charge in [0, 0.05) is 51.4 Å². The summed E-state index contributed by atoms with van der Waals surface area (Å²) in [5, 5.41) is 0. The van der Waals surface area contributed by atoms with Gasteiger partial charge in [0.05, 0.1) is 12.7 Å². The van der Waals surface area contributed by atoms with Gasteiger partial charge in [-0.2, -0.15) is 0 Å². The number of benzene rings is 2. The average molecular weight is 452 g/mol. The summed E-state index contributed by atoms with van der Waals surface area (Å²) in [4.78, 5) is 42.4. The summed E-state index contributed by atoms with van der Waals surface area (Å²) in [7, 11) is 1.64.